The van der Waals surface area contributed by atoms with Gasteiger partial charge in [0.1, 0.15) is 5.75 Å². The van der Waals surface area contributed by atoms with Crippen LogP contribution < -0.4 is 20.3 Å². The van der Waals surface area contributed by atoms with Crippen molar-refractivity contribution in [1.29, 1.82) is 5.26 Å². The van der Waals surface area contributed by atoms with Gasteiger partial charge in [0.2, 0.25) is 5.91 Å². The third kappa shape index (κ3) is 7.93. The van der Waals surface area contributed by atoms with E-state index >= 15 is 0 Å². The Kier molecular flexibility index (Phi) is 9.82. The zero-order valence-corrected chi connectivity index (χ0v) is 19.7. The topological polar surface area (TPSA) is 97.7 Å². The van der Waals surface area contributed by atoms with Gasteiger partial charge >= 0.3 is 6.03 Å². The molecule has 1 heterocycles. The van der Waals surface area contributed by atoms with Gasteiger partial charge in [0, 0.05) is 37.4 Å². The minimum Gasteiger partial charge on any atom is -0.494 e. The largest absolute Gasteiger partial charge is 0.494 e. The van der Waals surface area contributed by atoms with E-state index in [4.69, 9.17) is 10.00 Å². The number of urea groups is 1. The van der Waals surface area contributed by atoms with E-state index in [1.807, 2.05) is 31.2 Å². The van der Waals surface area contributed by atoms with E-state index in [9.17, 15) is 9.59 Å². The van der Waals surface area contributed by atoms with Crippen LogP contribution in [0.1, 0.15) is 58.3 Å². The van der Waals surface area contributed by atoms with Gasteiger partial charge in [-0.3, -0.25) is 9.69 Å². The van der Waals surface area contributed by atoms with Crippen LogP contribution in [-0.2, 0) is 4.79 Å². The fourth-order valence-electron chi connectivity index (χ4n) is 4.62. The number of carbonyl (C=O) groups excluding carboxylic acids is 2. The van der Waals surface area contributed by atoms with Gasteiger partial charge in [0.15, 0.2) is 0 Å². The van der Waals surface area contributed by atoms with E-state index in [-0.39, 0.29) is 24.4 Å². The molecule has 2 aliphatic rings. The van der Waals surface area contributed by atoms with E-state index in [2.05, 4.69) is 21.6 Å². The average molecular weight is 456 g/mol. The predicted molar refractivity (Wildman–Crippen MR) is 128 cm³/mol. The number of piperidine rings is 1. The SMILES string of the molecule is CCOc1ccc(N(CCC#N)C(=O)CN2CCC(NC(=O)NC3CCCCC3)CC2)cc1. The number of likely N-dealkylation sites (tertiary alicyclic amines) is 1. The van der Waals surface area contributed by atoms with Crippen molar-refractivity contribution in [2.45, 2.75) is 70.4 Å². The zero-order chi connectivity index (χ0) is 23.5. The molecule has 8 nitrogen and oxygen atoms in total. The molecular weight excluding hydrogens is 418 g/mol. The second-order valence-electron chi connectivity index (χ2n) is 8.88. The summed E-state index contributed by atoms with van der Waals surface area (Å²) < 4.78 is 5.49. The number of anilines is 1. The molecule has 8 heteroatoms. The maximum absolute atomic E-state index is 13.1. The van der Waals surface area contributed by atoms with Crippen molar-refractivity contribution in [2.75, 3.05) is 37.7 Å². The van der Waals surface area contributed by atoms with Crippen LogP contribution in [0.25, 0.3) is 0 Å². The van der Waals surface area contributed by atoms with Crippen LogP contribution in [0, 0.1) is 11.3 Å². The number of rotatable bonds is 9. The summed E-state index contributed by atoms with van der Waals surface area (Å²) in [4.78, 5) is 29.2. The molecule has 1 saturated heterocycles. The molecule has 3 amide bonds. The van der Waals surface area contributed by atoms with E-state index in [0.29, 0.717) is 25.7 Å². The molecule has 0 atom stereocenters. The first-order chi connectivity index (χ1) is 16.1. The molecule has 1 aliphatic heterocycles. The third-order valence-corrected chi connectivity index (χ3v) is 6.43. The number of nitrogens with zero attached hydrogens (tertiary/aromatic N) is 3. The highest BCUT2D eigenvalue weighted by atomic mass is 16.5. The maximum atomic E-state index is 13.1. The van der Waals surface area contributed by atoms with Crippen molar-refractivity contribution >= 4 is 17.6 Å². The van der Waals surface area contributed by atoms with Gasteiger partial charge in [-0.2, -0.15) is 5.26 Å². The van der Waals surface area contributed by atoms with Crippen LogP contribution in [0.3, 0.4) is 0 Å². The Labute approximate surface area is 197 Å². The van der Waals surface area contributed by atoms with Crippen molar-refractivity contribution in [1.82, 2.24) is 15.5 Å². The van der Waals surface area contributed by atoms with Gasteiger partial charge in [-0.25, -0.2) is 4.79 Å². The Balaban J connectivity index is 1.46. The van der Waals surface area contributed by atoms with Crippen molar-refractivity contribution in [3.63, 3.8) is 0 Å². The minimum absolute atomic E-state index is 0.0177. The molecular formula is C25H37N5O3. The Morgan fingerprint density at radius 2 is 1.70 bits per heavy atom. The molecule has 180 valence electrons. The predicted octanol–water partition coefficient (Wildman–Crippen LogP) is 3.43. The summed E-state index contributed by atoms with van der Waals surface area (Å²) in [7, 11) is 0. The molecule has 3 rings (SSSR count). The lowest BCUT2D eigenvalue weighted by Gasteiger charge is -2.34. The van der Waals surface area contributed by atoms with Crippen molar-refractivity contribution in [2.24, 2.45) is 0 Å². The van der Waals surface area contributed by atoms with E-state index < -0.39 is 0 Å². The number of hydrogen-bond acceptors (Lipinski definition) is 5. The highest BCUT2D eigenvalue weighted by molar-refractivity contribution is 5.94. The van der Waals surface area contributed by atoms with Crippen LogP contribution in [0.4, 0.5) is 10.5 Å². The number of carbonyl (C=O) groups is 2. The van der Waals surface area contributed by atoms with Crippen molar-refractivity contribution in [3.8, 4) is 11.8 Å². The zero-order valence-electron chi connectivity index (χ0n) is 19.7. The van der Waals surface area contributed by atoms with Gasteiger partial charge in [-0.15, -0.1) is 0 Å². The molecule has 1 aromatic rings. The lowest BCUT2D eigenvalue weighted by Crippen LogP contribution is -2.51. The highest BCUT2D eigenvalue weighted by Gasteiger charge is 2.25. The molecule has 0 radical (unpaired) electrons. The lowest BCUT2D eigenvalue weighted by atomic mass is 9.96. The quantitative estimate of drug-likeness (QED) is 0.595. The molecule has 33 heavy (non-hydrogen) atoms. The van der Waals surface area contributed by atoms with Crippen molar-refractivity contribution < 1.29 is 14.3 Å². The fourth-order valence-corrected chi connectivity index (χ4v) is 4.62. The summed E-state index contributed by atoms with van der Waals surface area (Å²) in [6.07, 6.45) is 7.73. The Bertz CT molecular complexity index is 793. The molecule has 2 N–H and O–H groups in total. The van der Waals surface area contributed by atoms with Crippen LogP contribution >= 0.6 is 0 Å². The molecule has 0 spiro atoms. The molecule has 0 bridgehead atoms. The first-order valence-corrected chi connectivity index (χ1v) is 12.3. The second kappa shape index (κ2) is 13.0. The monoisotopic (exact) mass is 455 g/mol. The molecule has 1 aliphatic carbocycles. The number of nitriles is 1. The molecule has 0 aromatic heterocycles. The summed E-state index contributed by atoms with van der Waals surface area (Å²) in [5.74, 6) is 0.742. The van der Waals surface area contributed by atoms with Gasteiger partial charge in [-0.05, 0) is 56.9 Å². The molecule has 0 unspecified atom stereocenters. The lowest BCUT2D eigenvalue weighted by molar-refractivity contribution is -0.120. The first-order valence-electron chi connectivity index (χ1n) is 12.3. The Morgan fingerprint density at radius 1 is 1.06 bits per heavy atom. The van der Waals surface area contributed by atoms with Crippen LogP contribution in [0.2, 0.25) is 0 Å². The smallest absolute Gasteiger partial charge is 0.315 e. The van der Waals surface area contributed by atoms with Crippen LogP contribution in [0.15, 0.2) is 24.3 Å². The van der Waals surface area contributed by atoms with Gasteiger partial charge in [0.25, 0.3) is 0 Å². The summed E-state index contributed by atoms with van der Waals surface area (Å²) in [5, 5.41) is 15.3. The van der Waals surface area contributed by atoms with Gasteiger partial charge in [0.05, 0.1) is 25.6 Å². The first kappa shape index (κ1) is 24.8. The van der Waals surface area contributed by atoms with Crippen LogP contribution in [0.5, 0.6) is 5.75 Å². The summed E-state index contributed by atoms with van der Waals surface area (Å²) in [5.41, 5.74) is 0.773. The summed E-state index contributed by atoms with van der Waals surface area (Å²) in [6.45, 7) is 4.70. The van der Waals surface area contributed by atoms with Crippen LogP contribution in [-0.4, -0.2) is 61.7 Å². The number of nitrogens with one attached hydrogen (secondary N) is 2. The molecule has 1 aromatic carbocycles. The van der Waals surface area contributed by atoms with E-state index in [1.54, 1.807) is 4.90 Å². The normalized spacial score (nSPS) is 17.7. The van der Waals surface area contributed by atoms with E-state index in [1.165, 1.54) is 19.3 Å². The van der Waals surface area contributed by atoms with Gasteiger partial charge in [-0.1, -0.05) is 19.3 Å². The Morgan fingerprint density at radius 3 is 2.30 bits per heavy atom. The third-order valence-electron chi connectivity index (χ3n) is 6.43. The maximum Gasteiger partial charge on any atom is 0.315 e. The second-order valence-corrected chi connectivity index (χ2v) is 8.88. The fraction of sp³-hybridized carbons (Fsp3) is 0.640. The number of benzene rings is 1. The average Bonchev–Trinajstić information content (AvgIpc) is 2.82. The number of hydrogen-bond donors (Lipinski definition) is 2. The Hall–Kier alpha value is -2.79. The number of ether oxygens (including phenoxy) is 1. The summed E-state index contributed by atoms with van der Waals surface area (Å²) >= 11 is 0. The number of amides is 3. The van der Waals surface area contributed by atoms with E-state index in [0.717, 1.165) is 50.2 Å². The minimum atomic E-state index is -0.0606. The van der Waals surface area contributed by atoms with Crippen molar-refractivity contribution in [3.05, 3.63) is 24.3 Å². The summed E-state index contributed by atoms with van der Waals surface area (Å²) in [6, 6.07) is 9.94. The highest BCUT2D eigenvalue weighted by Crippen LogP contribution is 2.21. The molecule has 1 saturated carbocycles. The van der Waals surface area contributed by atoms with Gasteiger partial charge < -0.3 is 20.3 Å². The standard InChI is InChI=1S/C25H37N5O3/c1-2-33-23-11-9-22(10-12-23)30(16-6-15-26)24(31)19-29-17-13-21(14-18-29)28-25(32)27-20-7-4-3-5-8-20/h9-12,20-21H,2-8,13-14,16-19H2,1H3,(H2,27,28,32). The molecule has 2 fully saturated rings.